The topological polar surface area (TPSA) is 0 Å². The standard InChI is InChI=1S/C20H26/c1-4-6-7-17-8-10-19(11-9-17)20-14-12-18(13-15-20)16(3)5-2/h8-16H,4-7H2,1-3H3. The SMILES string of the molecule is CCCCc1ccc(-c2ccc(C(C)CC)cc2)cc1. The number of hydrogen-bond donors (Lipinski definition) is 0. The van der Waals surface area contributed by atoms with E-state index in [-0.39, 0.29) is 0 Å². The highest BCUT2D eigenvalue weighted by Gasteiger charge is 2.03. The molecule has 0 bridgehead atoms. The van der Waals surface area contributed by atoms with Crippen molar-refractivity contribution in [3.63, 3.8) is 0 Å². The molecule has 0 heterocycles. The summed E-state index contributed by atoms with van der Waals surface area (Å²) in [5.74, 6) is 0.653. The molecule has 0 aromatic heterocycles. The van der Waals surface area contributed by atoms with Crippen LogP contribution in [-0.2, 0) is 6.42 Å². The van der Waals surface area contributed by atoms with Crippen LogP contribution in [-0.4, -0.2) is 0 Å². The third-order valence-electron chi connectivity index (χ3n) is 4.20. The minimum atomic E-state index is 0.653. The molecule has 0 aliphatic rings. The maximum Gasteiger partial charge on any atom is -0.0184 e. The number of rotatable bonds is 6. The summed E-state index contributed by atoms with van der Waals surface area (Å²) in [7, 11) is 0. The molecule has 0 radical (unpaired) electrons. The zero-order valence-corrected chi connectivity index (χ0v) is 13.0. The smallest absolute Gasteiger partial charge is 0.0184 e. The van der Waals surface area contributed by atoms with Crippen LogP contribution in [0.15, 0.2) is 48.5 Å². The summed E-state index contributed by atoms with van der Waals surface area (Å²) in [4.78, 5) is 0. The third kappa shape index (κ3) is 3.72. The second kappa shape index (κ2) is 7.28. The lowest BCUT2D eigenvalue weighted by molar-refractivity contribution is 0.734. The fraction of sp³-hybridized carbons (Fsp3) is 0.400. The number of benzene rings is 2. The third-order valence-corrected chi connectivity index (χ3v) is 4.20. The Bertz CT molecular complexity index is 505. The fourth-order valence-electron chi connectivity index (χ4n) is 2.48. The van der Waals surface area contributed by atoms with Gasteiger partial charge in [-0.05, 0) is 47.4 Å². The molecular weight excluding hydrogens is 240 g/mol. The van der Waals surface area contributed by atoms with Crippen molar-refractivity contribution in [3.8, 4) is 11.1 Å². The lowest BCUT2D eigenvalue weighted by Crippen LogP contribution is -1.90. The van der Waals surface area contributed by atoms with Gasteiger partial charge in [0.2, 0.25) is 0 Å². The summed E-state index contributed by atoms with van der Waals surface area (Å²) < 4.78 is 0. The van der Waals surface area contributed by atoms with Crippen molar-refractivity contribution in [2.75, 3.05) is 0 Å². The van der Waals surface area contributed by atoms with E-state index in [0.717, 1.165) is 0 Å². The molecule has 106 valence electrons. The normalized spacial score (nSPS) is 12.3. The molecule has 1 atom stereocenters. The van der Waals surface area contributed by atoms with E-state index in [9.17, 15) is 0 Å². The molecular formula is C20H26. The van der Waals surface area contributed by atoms with E-state index in [1.54, 1.807) is 0 Å². The Kier molecular flexibility index (Phi) is 5.40. The molecule has 0 fully saturated rings. The van der Waals surface area contributed by atoms with Crippen molar-refractivity contribution in [2.24, 2.45) is 0 Å². The van der Waals surface area contributed by atoms with Crippen LogP contribution in [0, 0.1) is 0 Å². The monoisotopic (exact) mass is 266 g/mol. The van der Waals surface area contributed by atoms with E-state index >= 15 is 0 Å². The van der Waals surface area contributed by atoms with Gasteiger partial charge in [0.25, 0.3) is 0 Å². The molecule has 0 spiro atoms. The average molecular weight is 266 g/mol. The second-order valence-corrected chi connectivity index (χ2v) is 5.73. The molecule has 2 aromatic rings. The Labute approximate surface area is 123 Å². The minimum absolute atomic E-state index is 0.653. The van der Waals surface area contributed by atoms with Crippen molar-refractivity contribution in [1.82, 2.24) is 0 Å². The van der Waals surface area contributed by atoms with Gasteiger partial charge in [0.1, 0.15) is 0 Å². The van der Waals surface area contributed by atoms with Crippen LogP contribution >= 0.6 is 0 Å². The van der Waals surface area contributed by atoms with Crippen molar-refractivity contribution in [3.05, 3.63) is 59.7 Å². The quantitative estimate of drug-likeness (QED) is 0.583. The van der Waals surface area contributed by atoms with Gasteiger partial charge in [-0.15, -0.1) is 0 Å². The maximum atomic E-state index is 2.29. The zero-order chi connectivity index (χ0) is 14.4. The van der Waals surface area contributed by atoms with Crippen LogP contribution in [0.1, 0.15) is 57.1 Å². The largest absolute Gasteiger partial charge is 0.0654 e. The molecule has 0 N–H and O–H groups in total. The van der Waals surface area contributed by atoms with Gasteiger partial charge in [0.15, 0.2) is 0 Å². The van der Waals surface area contributed by atoms with Crippen molar-refractivity contribution in [1.29, 1.82) is 0 Å². The van der Waals surface area contributed by atoms with E-state index in [0.29, 0.717) is 5.92 Å². The molecule has 20 heavy (non-hydrogen) atoms. The van der Waals surface area contributed by atoms with Crippen LogP contribution in [0.3, 0.4) is 0 Å². The van der Waals surface area contributed by atoms with E-state index in [1.165, 1.54) is 47.9 Å². The lowest BCUT2D eigenvalue weighted by Gasteiger charge is -2.10. The number of unbranched alkanes of at least 4 members (excludes halogenated alkanes) is 1. The van der Waals surface area contributed by atoms with Crippen molar-refractivity contribution in [2.45, 2.75) is 52.4 Å². The van der Waals surface area contributed by atoms with Gasteiger partial charge in [-0.1, -0.05) is 75.7 Å². The van der Waals surface area contributed by atoms with Gasteiger partial charge in [-0.2, -0.15) is 0 Å². The average Bonchev–Trinajstić information content (AvgIpc) is 2.53. The summed E-state index contributed by atoms with van der Waals surface area (Å²) >= 11 is 0. The molecule has 2 rings (SSSR count). The molecule has 0 heteroatoms. The van der Waals surface area contributed by atoms with Gasteiger partial charge < -0.3 is 0 Å². The highest BCUT2D eigenvalue weighted by atomic mass is 14.1. The van der Waals surface area contributed by atoms with Crippen LogP contribution in [0.2, 0.25) is 0 Å². The van der Waals surface area contributed by atoms with Crippen LogP contribution in [0.5, 0.6) is 0 Å². The molecule has 0 aliphatic carbocycles. The van der Waals surface area contributed by atoms with Gasteiger partial charge in [-0.25, -0.2) is 0 Å². The first-order valence-corrected chi connectivity index (χ1v) is 7.93. The Morgan fingerprint density at radius 3 is 1.85 bits per heavy atom. The van der Waals surface area contributed by atoms with E-state index in [4.69, 9.17) is 0 Å². The highest BCUT2D eigenvalue weighted by molar-refractivity contribution is 5.64. The minimum Gasteiger partial charge on any atom is -0.0654 e. The molecule has 0 nitrogen and oxygen atoms in total. The first-order chi connectivity index (χ1) is 9.74. The Hall–Kier alpha value is -1.56. The molecule has 0 saturated heterocycles. The van der Waals surface area contributed by atoms with E-state index in [2.05, 4.69) is 69.3 Å². The fourth-order valence-corrected chi connectivity index (χ4v) is 2.48. The predicted molar refractivity (Wildman–Crippen MR) is 89.2 cm³/mol. The highest BCUT2D eigenvalue weighted by Crippen LogP contribution is 2.24. The Morgan fingerprint density at radius 2 is 1.35 bits per heavy atom. The summed E-state index contributed by atoms with van der Waals surface area (Å²) in [6, 6.07) is 18.1. The molecule has 0 saturated carbocycles. The Balaban J connectivity index is 2.11. The first-order valence-electron chi connectivity index (χ1n) is 7.93. The van der Waals surface area contributed by atoms with E-state index < -0.39 is 0 Å². The predicted octanol–water partition coefficient (Wildman–Crippen LogP) is 6.21. The van der Waals surface area contributed by atoms with Gasteiger partial charge in [0, 0.05) is 0 Å². The second-order valence-electron chi connectivity index (χ2n) is 5.73. The van der Waals surface area contributed by atoms with Crippen molar-refractivity contribution >= 4 is 0 Å². The Morgan fingerprint density at radius 1 is 0.800 bits per heavy atom. The summed E-state index contributed by atoms with van der Waals surface area (Å²) in [6.45, 7) is 6.78. The molecule has 1 unspecified atom stereocenters. The van der Waals surface area contributed by atoms with Crippen LogP contribution in [0.4, 0.5) is 0 Å². The lowest BCUT2D eigenvalue weighted by atomic mass is 9.95. The maximum absolute atomic E-state index is 2.29. The molecule has 0 aliphatic heterocycles. The van der Waals surface area contributed by atoms with Gasteiger partial charge >= 0.3 is 0 Å². The van der Waals surface area contributed by atoms with Crippen molar-refractivity contribution < 1.29 is 0 Å². The summed E-state index contributed by atoms with van der Waals surface area (Å²) in [5.41, 5.74) is 5.53. The summed E-state index contributed by atoms with van der Waals surface area (Å²) in [6.07, 6.45) is 4.94. The van der Waals surface area contributed by atoms with Gasteiger partial charge in [-0.3, -0.25) is 0 Å². The van der Waals surface area contributed by atoms with E-state index in [1.807, 2.05) is 0 Å². The molecule has 0 amide bonds. The number of aryl methyl sites for hydroxylation is 1. The van der Waals surface area contributed by atoms with Gasteiger partial charge in [0.05, 0.1) is 0 Å². The zero-order valence-electron chi connectivity index (χ0n) is 13.0. The first kappa shape index (κ1) is 14.8. The van der Waals surface area contributed by atoms with Crippen LogP contribution in [0.25, 0.3) is 11.1 Å². The summed E-state index contributed by atoms with van der Waals surface area (Å²) in [5, 5.41) is 0. The molecule has 2 aromatic carbocycles. The number of hydrogen-bond acceptors (Lipinski definition) is 0. The van der Waals surface area contributed by atoms with Crippen LogP contribution < -0.4 is 0 Å².